The average molecular weight is 276 g/mol. The molecule has 2 rings (SSSR count). The zero-order valence-corrected chi connectivity index (χ0v) is 11.4. The third-order valence-corrected chi connectivity index (χ3v) is 3.10. The predicted molar refractivity (Wildman–Crippen MR) is 74.2 cm³/mol. The average Bonchev–Trinajstić information content (AvgIpc) is 2.43. The van der Waals surface area contributed by atoms with E-state index in [1.165, 1.54) is 6.07 Å². The van der Waals surface area contributed by atoms with Crippen molar-refractivity contribution in [2.24, 2.45) is 0 Å². The summed E-state index contributed by atoms with van der Waals surface area (Å²) in [4.78, 5) is 0. The lowest BCUT2D eigenvalue weighted by Gasteiger charge is -2.16. The summed E-state index contributed by atoms with van der Waals surface area (Å²) in [5, 5.41) is 19.0. The van der Waals surface area contributed by atoms with Crippen molar-refractivity contribution >= 4 is 0 Å². The van der Waals surface area contributed by atoms with E-state index >= 15 is 0 Å². The van der Waals surface area contributed by atoms with E-state index in [1.807, 2.05) is 0 Å². The predicted octanol–water partition coefficient (Wildman–Crippen LogP) is 3.47. The molecule has 0 spiro atoms. The topological polar surface area (TPSA) is 49.7 Å². The van der Waals surface area contributed by atoms with E-state index in [1.54, 1.807) is 44.2 Å². The maximum absolute atomic E-state index is 13.6. The Morgan fingerprint density at radius 3 is 2.55 bits per heavy atom. The zero-order chi connectivity index (χ0) is 14.7. The number of para-hydroxylation sites is 1. The lowest BCUT2D eigenvalue weighted by Crippen LogP contribution is -2.00. The highest BCUT2D eigenvalue weighted by atomic mass is 19.1. The van der Waals surface area contributed by atoms with E-state index in [9.17, 15) is 14.6 Å². The highest BCUT2D eigenvalue weighted by Crippen LogP contribution is 2.33. The number of aliphatic hydroxyl groups excluding tert-OH is 2. The molecule has 1 atom stereocenters. The Hall–Kier alpha value is -1.91. The van der Waals surface area contributed by atoms with Crippen molar-refractivity contribution in [3.05, 3.63) is 58.9 Å². The van der Waals surface area contributed by atoms with Crippen LogP contribution in [-0.4, -0.2) is 10.2 Å². The molecular formula is C16H17FO3. The standard InChI is InChI=1S/C16H17FO3/c1-10-7-16(13(11(2)19)8-14(10)17)20-15-6-4-3-5-12(15)9-18/h3-8,11,18-19H,9H2,1-2H3. The molecule has 0 saturated heterocycles. The molecule has 2 N–H and O–H groups in total. The second-order valence-corrected chi connectivity index (χ2v) is 4.68. The smallest absolute Gasteiger partial charge is 0.133 e. The maximum Gasteiger partial charge on any atom is 0.133 e. The number of hydrogen-bond acceptors (Lipinski definition) is 3. The van der Waals surface area contributed by atoms with Crippen LogP contribution in [0.1, 0.15) is 29.7 Å². The molecule has 20 heavy (non-hydrogen) atoms. The lowest BCUT2D eigenvalue weighted by molar-refractivity contribution is 0.195. The molecule has 0 amide bonds. The van der Waals surface area contributed by atoms with Gasteiger partial charge in [-0.05, 0) is 37.6 Å². The van der Waals surface area contributed by atoms with Gasteiger partial charge in [0, 0.05) is 11.1 Å². The molecule has 0 heterocycles. The Kier molecular flexibility index (Phi) is 4.37. The quantitative estimate of drug-likeness (QED) is 0.899. The minimum Gasteiger partial charge on any atom is -0.457 e. The van der Waals surface area contributed by atoms with Gasteiger partial charge in [0.2, 0.25) is 0 Å². The van der Waals surface area contributed by atoms with Crippen LogP contribution < -0.4 is 4.74 Å². The first-order chi connectivity index (χ1) is 9.52. The Balaban J connectivity index is 2.45. The first-order valence-electron chi connectivity index (χ1n) is 6.37. The van der Waals surface area contributed by atoms with Crippen molar-refractivity contribution < 1.29 is 19.3 Å². The van der Waals surface area contributed by atoms with Crippen molar-refractivity contribution in [2.45, 2.75) is 26.6 Å². The second kappa shape index (κ2) is 6.03. The monoisotopic (exact) mass is 276 g/mol. The molecule has 4 heteroatoms. The van der Waals surface area contributed by atoms with Crippen molar-refractivity contribution in [2.75, 3.05) is 0 Å². The molecule has 0 aliphatic rings. The van der Waals surface area contributed by atoms with Crippen molar-refractivity contribution in [3.8, 4) is 11.5 Å². The SMILES string of the molecule is Cc1cc(Oc2ccccc2CO)c(C(C)O)cc1F. The van der Waals surface area contributed by atoms with Crippen molar-refractivity contribution in [1.29, 1.82) is 0 Å². The molecule has 3 nitrogen and oxygen atoms in total. The van der Waals surface area contributed by atoms with E-state index in [0.717, 1.165) is 0 Å². The van der Waals surface area contributed by atoms with E-state index in [4.69, 9.17) is 4.74 Å². The molecule has 0 aromatic heterocycles. The summed E-state index contributed by atoms with van der Waals surface area (Å²) in [7, 11) is 0. The summed E-state index contributed by atoms with van der Waals surface area (Å²) >= 11 is 0. The zero-order valence-electron chi connectivity index (χ0n) is 11.4. The normalized spacial score (nSPS) is 12.2. The molecule has 0 radical (unpaired) electrons. The van der Waals surface area contributed by atoms with Gasteiger partial charge < -0.3 is 14.9 Å². The minimum atomic E-state index is -0.846. The fourth-order valence-electron chi connectivity index (χ4n) is 1.94. The number of rotatable bonds is 4. The number of hydrogen-bond donors (Lipinski definition) is 2. The number of benzene rings is 2. The molecule has 106 valence electrons. The van der Waals surface area contributed by atoms with Gasteiger partial charge in [0.25, 0.3) is 0 Å². The molecule has 1 unspecified atom stereocenters. The Morgan fingerprint density at radius 1 is 1.20 bits per heavy atom. The van der Waals surface area contributed by atoms with Crippen LogP contribution in [0.2, 0.25) is 0 Å². The Morgan fingerprint density at radius 2 is 1.90 bits per heavy atom. The number of aliphatic hydroxyl groups is 2. The summed E-state index contributed by atoms with van der Waals surface area (Å²) in [6.45, 7) is 3.03. The Labute approximate surface area is 117 Å². The van der Waals surface area contributed by atoms with Crippen LogP contribution in [0, 0.1) is 12.7 Å². The summed E-state index contributed by atoms with van der Waals surface area (Å²) in [6.07, 6.45) is -0.846. The number of halogens is 1. The molecule has 2 aromatic rings. The minimum absolute atomic E-state index is 0.152. The molecule has 0 aliphatic heterocycles. The van der Waals surface area contributed by atoms with Crippen LogP contribution in [0.25, 0.3) is 0 Å². The van der Waals surface area contributed by atoms with Gasteiger partial charge in [-0.1, -0.05) is 18.2 Å². The third-order valence-electron chi connectivity index (χ3n) is 3.10. The summed E-state index contributed by atoms with van der Waals surface area (Å²) < 4.78 is 19.3. The maximum atomic E-state index is 13.6. The van der Waals surface area contributed by atoms with Gasteiger partial charge in [-0.15, -0.1) is 0 Å². The summed E-state index contributed by atoms with van der Waals surface area (Å²) in [5.41, 5.74) is 1.44. The highest BCUT2D eigenvalue weighted by molar-refractivity contribution is 5.44. The fraction of sp³-hybridized carbons (Fsp3) is 0.250. The summed E-state index contributed by atoms with van der Waals surface area (Å²) in [5.74, 6) is 0.492. The largest absolute Gasteiger partial charge is 0.457 e. The summed E-state index contributed by atoms with van der Waals surface area (Å²) in [6, 6.07) is 9.86. The Bertz CT molecular complexity index is 609. The van der Waals surface area contributed by atoms with E-state index < -0.39 is 6.10 Å². The van der Waals surface area contributed by atoms with E-state index in [-0.39, 0.29) is 12.4 Å². The molecule has 0 bridgehead atoms. The van der Waals surface area contributed by atoms with Crippen LogP contribution in [0.15, 0.2) is 36.4 Å². The van der Waals surface area contributed by atoms with E-state index in [2.05, 4.69) is 0 Å². The van der Waals surface area contributed by atoms with Gasteiger partial charge in [0.05, 0.1) is 12.7 Å². The molecule has 0 fully saturated rings. The van der Waals surface area contributed by atoms with Gasteiger partial charge in [-0.25, -0.2) is 4.39 Å². The first kappa shape index (κ1) is 14.5. The molecule has 0 saturated carbocycles. The van der Waals surface area contributed by atoms with Gasteiger partial charge in [-0.2, -0.15) is 0 Å². The number of ether oxygens (including phenoxy) is 1. The van der Waals surface area contributed by atoms with Crippen LogP contribution in [0.3, 0.4) is 0 Å². The van der Waals surface area contributed by atoms with Crippen molar-refractivity contribution in [1.82, 2.24) is 0 Å². The van der Waals surface area contributed by atoms with E-state index in [0.29, 0.717) is 28.2 Å². The van der Waals surface area contributed by atoms with Crippen LogP contribution in [0.4, 0.5) is 4.39 Å². The lowest BCUT2D eigenvalue weighted by atomic mass is 10.1. The van der Waals surface area contributed by atoms with Gasteiger partial charge in [-0.3, -0.25) is 0 Å². The van der Waals surface area contributed by atoms with Crippen molar-refractivity contribution in [3.63, 3.8) is 0 Å². The van der Waals surface area contributed by atoms with Gasteiger partial charge in [0.1, 0.15) is 17.3 Å². The molecular weight excluding hydrogens is 259 g/mol. The highest BCUT2D eigenvalue weighted by Gasteiger charge is 2.14. The van der Waals surface area contributed by atoms with Crippen LogP contribution in [0.5, 0.6) is 11.5 Å². The van der Waals surface area contributed by atoms with Gasteiger partial charge in [0.15, 0.2) is 0 Å². The fourth-order valence-corrected chi connectivity index (χ4v) is 1.94. The van der Waals surface area contributed by atoms with Gasteiger partial charge >= 0.3 is 0 Å². The molecule has 2 aromatic carbocycles. The third kappa shape index (κ3) is 2.98. The van der Waals surface area contributed by atoms with Crippen LogP contribution >= 0.6 is 0 Å². The van der Waals surface area contributed by atoms with Crippen LogP contribution in [-0.2, 0) is 6.61 Å². The first-order valence-corrected chi connectivity index (χ1v) is 6.37. The molecule has 0 aliphatic carbocycles. The second-order valence-electron chi connectivity index (χ2n) is 4.68. The number of aryl methyl sites for hydroxylation is 1.